The number of nitrogens with zero attached hydrogens (tertiary/aromatic N) is 3. The van der Waals surface area contributed by atoms with Gasteiger partial charge in [-0.25, -0.2) is 0 Å². The van der Waals surface area contributed by atoms with E-state index in [9.17, 15) is 0 Å². The minimum atomic E-state index is 0.469. The number of piperidine rings is 1. The third kappa shape index (κ3) is 9.70. The lowest BCUT2D eigenvalue weighted by atomic mass is 10.0. The van der Waals surface area contributed by atoms with Crippen LogP contribution < -0.4 is 0 Å². The van der Waals surface area contributed by atoms with Crippen molar-refractivity contribution >= 4 is 6.34 Å². The lowest BCUT2D eigenvalue weighted by Gasteiger charge is -2.38. The monoisotopic (exact) mass is 381 g/mol. The molecule has 3 heteroatoms. The second-order valence-corrected chi connectivity index (χ2v) is 7.59. The van der Waals surface area contributed by atoms with Gasteiger partial charge in [0.05, 0.1) is 6.34 Å². The van der Waals surface area contributed by atoms with E-state index in [1.807, 2.05) is 45.5 Å². The number of likely N-dealkylation sites (tertiary alicyclic amines) is 1. The Morgan fingerprint density at radius 3 is 2.43 bits per heavy atom. The van der Waals surface area contributed by atoms with Crippen LogP contribution in [-0.4, -0.2) is 48.9 Å². The highest BCUT2D eigenvalue weighted by Gasteiger charge is 2.24. The van der Waals surface area contributed by atoms with Crippen LogP contribution in [0, 0.1) is 5.92 Å². The van der Waals surface area contributed by atoms with Crippen molar-refractivity contribution in [3.05, 3.63) is 73.0 Å². The van der Waals surface area contributed by atoms with E-state index in [-0.39, 0.29) is 0 Å². The Bertz CT molecular complexity index is 614. The number of allylic oxidation sites excluding steroid dienone is 9. The van der Waals surface area contributed by atoms with Crippen molar-refractivity contribution in [2.24, 2.45) is 10.9 Å². The van der Waals surface area contributed by atoms with Gasteiger partial charge in [0.25, 0.3) is 0 Å². The highest BCUT2D eigenvalue weighted by molar-refractivity contribution is 5.59. The van der Waals surface area contributed by atoms with E-state index in [4.69, 9.17) is 0 Å². The van der Waals surface area contributed by atoms with Gasteiger partial charge >= 0.3 is 0 Å². The van der Waals surface area contributed by atoms with E-state index in [0.717, 1.165) is 43.7 Å². The number of rotatable bonds is 11. The van der Waals surface area contributed by atoms with Crippen LogP contribution in [0.25, 0.3) is 0 Å². The van der Waals surface area contributed by atoms with Crippen LogP contribution in [0.3, 0.4) is 0 Å². The second kappa shape index (κ2) is 14.0. The van der Waals surface area contributed by atoms with Gasteiger partial charge in [0.2, 0.25) is 0 Å². The van der Waals surface area contributed by atoms with Crippen LogP contribution in [0.5, 0.6) is 0 Å². The fourth-order valence-electron chi connectivity index (χ4n) is 3.25. The molecule has 1 heterocycles. The third-order valence-electron chi connectivity index (χ3n) is 4.95. The van der Waals surface area contributed by atoms with Gasteiger partial charge in [-0.3, -0.25) is 4.99 Å². The molecular weight excluding hydrogens is 342 g/mol. The van der Waals surface area contributed by atoms with Crippen molar-refractivity contribution < 1.29 is 0 Å². The first-order valence-electron chi connectivity index (χ1n) is 10.4. The largest absolute Gasteiger partial charge is 0.330 e. The van der Waals surface area contributed by atoms with Gasteiger partial charge in [-0.1, -0.05) is 68.2 Å². The Kier molecular flexibility index (Phi) is 11.9. The first kappa shape index (κ1) is 23.9. The zero-order chi connectivity index (χ0) is 20.8. The molecule has 0 bridgehead atoms. The van der Waals surface area contributed by atoms with Crippen LogP contribution in [0.4, 0.5) is 0 Å². The van der Waals surface area contributed by atoms with Crippen molar-refractivity contribution in [1.29, 1.82) is 0 Å². The SMILES string of the molecule is C=C(C)/C=C\C(=C)N(C=NC)C1CCN(CCC(C)/C=C/C=C\C=C/C)CC1. The molecule has 0 aromatic rings. The topological polar surface area (TPSA) is 18.8 Å². The molecule has 1 unspecified atom stereocenters. The number of hydrogen-bond donors (Lipinski definition) is 0. The van der Waals surface area contributed by atoms with Crippen LogP contribution in [0.1, 0.15) is 40.0 Å². The molecule has 3 nitrogen and oxygen atoms in total. The lowest BCUT2D eigenvalue weighted by molar-refractivity contribution is 0.167. The summed E-state index contributed by atoms with van der Waals surface area (Å²) >= 11 is 0. The van der Waals surface area contributed by atoms with Crippen molar-refractivity contribution in [2.45, 2.75) is 46.1 Å². The Labute approximate surface area is 173 Å². The standard InChI is InChI=1S/C25H39N3/c1-7-8-9-10-11-12-23(4)15-18-27-19-16-25(17-20-27)28(21-26-6)24(5)14-13-22(2)3/h7-14,21,23,25H,2,5,15-20H2,1,3-4,6H3/b8-7-,10-9-,12-11+,14-13-,26-21?. The summed E-state index contributed by atoms with van der Waals surface area (Å²) in [6, 6.07) is 0.469. The summed E-state index contributed by atoms with van der Waals surface area (Å²) in [5, 5.41) is 0. The minimum absolute atomic E-state index is 0.469. The summed E-state index contributed by atoms with van der Waals surface area (Å²) in [4.78, 5) is 9.05. The van der Waals surface area contributed by atoms with E-state index in [1.54, 1.807) is 0 Å². The quantitative estimate of drug-likeness (QED) is 0.257. The Balaban J connectivity index is 2.45. The van der Waals surface area contributed by atoms with Gasteiger partial charge in [0.15, 0.2) is 0 Å². The fourth-order valence-corrected chi connectivity index (χ4v) is 3.25. The fraction of sp³-hybridized carbons (Fsp3) is 0.480. The molecule has 1 saturated heterocycles. The van der Waals surface area contributed by atoms with Crippen LogP contribution in [-0.2, 0) is 0 Å². The molecule has 0 aliphatic carbocycles. The minimum Gasteiger partial charge on any atom is -0.330 e. The van der Waals surface area contributed by atoms with Gasteiger partial charge in [0.1, 0.15) is 0 Å². The first-order chi connectivity index (χ1) is 13.5. The van der Waals surface area contributed by atoms with Gasteiger partial charge < -0.3 is 9.80 Å². The van der Waals surface area contributed by atoms with Crippen LogP contribution >= 0.6 is 0 Å². The molecule has 28 heavy (non-hydrogen) atoms. The number of hydrogen-bond acceptors (Lipinski definition) is 2. The molecule has 0 N–H and O–H groups in total. The molecule has 0 aromatic heterocycles. The maximum absolute atomic E-state index is 4.24. The summed E-state index contributed by atoms with van der Waals surface area (Å²) in [5.74, 6) is 0.601. The van der Waals surface area contributed by atoms with E-state index in [2.05, 4.69) is 65.3 Å². The van der Waals surface area contributed by atoms with Crippen LogP contribution in [0.2, 0.25) is 0 Å². The molecule has 1 rings (SSSR count). The average Bonchev–Trinajstić information content (AvgIpc) is 2.69. The molecule has 0 aromatic carbocycles. The molecule has 0 spiro atoms. The van der Waals surface area contributed by atoms with Crippen molar-refractivity contribution in [3.8, 4) is 0 Å². The second-order valence-electron chi connectivity index (χ2n) is 7.59. The molecule has 1 atom stereocenters. The molecule has 1 aliphatic rings. The normalized spacial score (nSPS) is 18.3. The Morgan fingerprint density at radius 1 is 1.14 bits per heavy atom. The number of aliphatic imine (C=N–C) groups is 1. The molecular formula is C25H39N3. The Morgan fingerprint density at radius 2 is 1.82 bits per heavy atom. The van der Waals surface area contributed by atoms with Crippen molar-refractivity contribution in [2.75, 3.05) is 26.7 Å². The summed E-state index contributed by atoms with van der Waals surface area (Å²) < 4.78 is 0. The predicted octanol–water partition coefficient (Wildman–Crippen LogP) is 5.77. The molecule has 0 amide bonds. The predicted molar refractivity (Wildman–Crippen MR) is 126 cm³/mol. The highest BCUT2D eigenvalue weighted by atomic mass is 15.2. The maximum Gasteiger partial charge on any atom is 0.0893 e. The first-order valence-corrected chi connectivity index (χ1v) is 10.4. The molecule has 1 aliphatic heterocycles. The van der Waals surface area contributed by atoms with Crippen LogP contribution in [0.15, 0.2) is 78.0 Å². The molecule has 0 radical (unpaired) electrons. The van der Waals surface area contributed by atoms with Gasteiger partial charge in [-0.05, 0) is 51.6 Å². The van der Waals surface area contributed by atoms with Gasteiger partial charge in [-0.2, -0.15) is 0 Å². The summed E-state index contributed by atoms with van der Waals surface area (Å²) in [6.45, 7) is 17.9. The summed E-state index contributed by atoms with van der Waals surface area (Å²) in [7, 11) is 1.82. The average molecular weight is 382 g/mol. The molecule has 1 fully saturated rings. The van der Waals surface area contributed by atoms with E-state index in [1.165, 1.54) is 6.42 Å². The molecule has 0 saturated carbocycles. The smallest absolute Gasteiger partial charge is 0.0893 e. The summed E-state index contributed by atoms with van der Waals surface area (Å²) in [6.07, 6.45) is 22.2. The lowest BCUT2D eigenvalue weighted by Crippen LogP contribution is -2.44. The zero-order valence-corrected chi connectivity index (χ0v) is 18.3. The third-order valence-corrected chi connectivity index (χ3v) is 4.95. The summed E-state index contributed by atoms with van der Waals surface area (Å²) in [5.41, 5.74) is 2.02. The molecule has 154 valence electrons. The zero-order valence-electron chi connectivity index (χ0n) is 18.3. The van der Waals surface area contributed by atoms with Gasteiger partial charge in [0, 0.05) is 31.9 Å². The van der Waals surface area contributed by atoms with Crippen molar-refractivity contribution in [3.63, 3.8) is 0 Å². The van der Waals surface area contributed by atoms with Gasteiger partial charge in [-0.15, -0.1) is 0 Å². The van der Waals surface area contributed by atoms with Crippen molar-refractivity contribution in [1.82, 2.24) is 9.80 Å². The maximum atomic E-state index is 4.24. The van der Waals surface area contributed by atoms with E-state index in [0.29, 0.717) is 12.0 Å². The van der Waals surface area contributed by atoms with E-state index >= 15 is 0 Å². The Hall–Kier alpha value is -2.13. The van der Waals surface area contributed by atoms with E-state index < -0.39 is 0 Å². The highest BCUT2D eigenvalue weighted by Crippen LogP contribution is 2.20.